The molecule has 0 spiro atoms. The van der Waals surface area contributed by atoms with Gasteiger partial charge in [0.1, 0.15) is 11.7 Å². The van der Waals surface area contributed by atoms with Crippen LogP contribution in [0.1, 0.15) is 6.23 Å². The Morgan fingerprint density at radius 1 is 1.60 bits per heavy atom. The first kappa shape index (κ1) is 14.6. The number of hydrogen-bond donors (Lipinski definition) is 3. The number of ether oxygens (including phenoxy) is 1. The molecule has 0 radical (unpaired) electrons. The van der Waals surface area contributed by atoms with Crippen LogP contribution in [0.15, 0.2) is 28.4 Å². The maximum Gasteiger partial charge on any atom is 0.330 e. The van der Waals surface area contributed by atoms with E-state index >= 15 is 0 Å². The van der Waals surface area contributed by atoms with Crippen molar-refractivity contribution in [3.63, 3.8) is 0 Å². The summed E-state index contributed by atoms with van der Waals surface area (Å²) in [5.74, 6) is -1.31. The summed E-state index contributed by atoms with van der Waals surface area (Å²) in [6.07, 6.45) is -4.15. The largest absolute Gasteiger partial charge is 0.393 e. The van der Waals surface area contributed by atoms with Gasteiger partial charge in [0.05, 0.1) is 12.8 Å². The zero-order chi connectivity index (χ0) is 15.1. The highest BCUT2D eigenvalue weighted by Gasteiger charge is 2.54. The molecule has 1 aromatic rings. The fraction of sp³-hybridized carbons (Fsp3) is 0.455. The minimum Gasteiger partial charge on any atom is -0.393 e. The molecule has 7 nitrogen and oxygen atoms in total. The SMILES string of the molecule is C=C[C@]1(CO)O[C@@H](n2cc(F)c(=O)[nH]c2=O)[C@@H](F)[C@@H]1O. The average molecular weight is 290 g/mol. The van der Waals surface area contributed by atoms with Crippen LogP contribution in [-0.4, -0.2) is 44.2 Å². The minimum atomic E-state index is -2.12. The molecule has 0 aromatic carbocycles. The molecule has 0 unspecified atom stereocenters. The summed E-state index contributed by atoms with van der Waals surface area (Å²) in [5.41, 5.74) is -4.16. The standard InChI is InChI=1S/C11H12F2N2O5/c1-2-11(4-16)7(17)6(13)9(20-11)15-3-5(12)8(18)14-10(15)19/h2-3,6-7,9,16-17H,1,4H2,(H,14,18,19)/t6-,7-,9+,11+/m0/s1. The van der Waals surface area contributed by atoms with Gasteiger partial charge in [0.15, 0.2) is 12.4 Å². The number of nitrogens with one attached hydrogen (secondary N) is 1. The highest BCUT2D eigenvalue weighted by Crippen LogP contribution is 2.38. The molecular formula is C11H12F2N2O5. The lowest BCUT2D eigenvalue weighted by Crippen LogP contribution is -2.43. The summed E-state index contributed by atoms with van der Waals surface area (Å²) in [6.45, 7) is 2.54. The lowest BCUT2D eigenvalue weighted by molar-refractivity contribution is -0.0984. The third kappa shape index (κ3) is 1.99. The fourth-order valence-electron chi connectivity index (χ4n) is 2.01. The Hall–Kier alpha value is -1.84. The van der Waals surface area contributed by atoms with Crippen LogP contribution in [-0.2, 0) is 4.74 Å². The number of H-pyrrole nitrogens is 1. The Morgan fingerprint density at radius 3 is 2.75 bits per heavy atom. The van der Waals surface area contributed by atoms with E-state index in [-0.39, 0.29) is 0 Å². The Morgan fingerprint density at radius 2 is 2.25 bits per heavy atom. The third-order valence-electron chi connectivity index (χ3n) is 3.21. The zero-order valence-corrected chi connectivity index (χ0v) is 10.1. The van der Waals surface area contributed by atoms with Crippen molar-refractivity contribution < 1.29 is 23.7 Å². The van der Waals surface area contributed by atoms with Crippen molar-refractivity contribution in [3.05, 3.63) is 45.5 Å². The maximum atomic E-state index is 14.0. The molecule has 0 amide bonds. The number of aliphatic hydroxyl groups excluding tert-OH is 2. The van der Waals surface area contributed by atoms with Crippen molar-refractivity contribution in [1.82, 2.24) is 9.55 Å². The average Bonchev–Trinajstić information content (AvgIpc) is 2.68. The van der Waals surface area contributed by atoms with Gasteiger partial charge >= 0.3 is 5.69 Å². The summed E-state index contributed by atoms with van der Waals surface area (Å²) in [4.78, 5) is 24.1. The van der Waals surface area contributed by atoms with Crippen LogP contribution in [0.3, 0.4) is 0 Å². The van der Waals surface area contributed by atoms with Gasteiger partial charge < -0.3 is 14.9 Å². The molecule has 1 aliphatic rings. The van der Waals surface area contributed by atoms with Crippen LogP contribution < -0.4 is 11.2 Å². The molecule has 3 N–H and O–H groups in total. The molecule has 0 saturated carbocycles. The quantitative estimate of drug-likeness (QED) is 0.608. The van der Waals surface area contributed by atoms with Crippen molar-refractivity contribution in [3.8, 4) is 0 Å². The van der Waals surface area contributed by atoms with E-state index in [2.05, 4.69) is 6.58 Å². The first-order valence-electron chi connectivity index (χ1n) is 5.61. The van der Waals surface area contributed by atoms with Crippen LogP contribution in [0, 0.1) is 5.82 Å². The van der Waals surface area contributed by atoms with Gasteiger partial charge in [0, 0.05) is 0 Å². The summed E-state index contributed by atoms with van der Waals surface area (Å²) in [7, 11) is 0. The number of alkyl halides is 1. The van der Waals surface area contributed by atoms with Gasteiger partial charge in [0.2, 0.25) is 5.82 Å². The van der Waals surface area contributed by atoms with Gasteiger partial charge in [-0.15, -0.1) is 6.58 Å². The number of halogens is 2. The van der Waals surface area contributed by atoms with Crippen LogP contribution in [0.2, 0.25) is 0 Å². The van der Waals surface area contributed by atoms with E-state index in [0.29, 0.717) is 10.8 Å². The van der Waals surface area contributed by atoms with E-state index in [4.69, 9.17) is 4.74 Å². The molecule has 9 heteroatoms. The molecule has 1 saturated heterocycles. The summed E-state index contributed by atoms with van der Waals surface area (Å²) in [6, 6.07) is 0. The number of aliphatic hydroxyl groups is 2. The summed E-state index contributed by atoms with van der Waals surface area (Å²) < 4.78 is 32.8. The smallest absolute Gasteiger partial charge is 0.330 e. The summed E-state index contributed by atoms with van der Waals surface area (Å²) >= 11 is 0. The van der Waals surface area contributed by atoms with Gasteiger partial charge in [0.25, 0.3) is 5.56 Å². The van der Waals surface area contributed by atoms with Gasteiger partial charge in [-0.1, -0.05) is 6.08 Å². The molecule has 4 atom stereocenters. The fourth-order valence-corrected chi connectivity index (χ4v) is 2.01. The van der Waals surface area contributed by atoms with Gasteiger partial charge in [-0.05, 0) is 0 Å². The lowest BCUT2D eigenvalue weighted by atomic mass is 9.97. The number of nitrogens with zero attached hydrogens (tertiary/aromatic N) is 1. The van der Waals surface area contributed by atoms with E-state index in [1.54, 1.807) is 4.98 Å². The van der Waals surface area contributed by atoms with E-state index in [1.165, 1.54) is 0 Å². The Bertz CT molecular complexity index is 642. The second-order valence-electron chi connectivity index (χ2n) is 4.36. The van der Waals surface area contributed by atoms with Gasteiger partial charge in [-0.2, -0.15) is 4.39 Å². The number of rotatable bonds is 3. The molecule has 0 aliphatic carbocycles. The lowest BCUT2D eigenvalue weighted by Gasteiger charge is -2.25. The molecular weight excluding hydrogens is 278 g/mol. The minimum absolute atomic E-state index is 0.464. The van der Waals surface area contributed by atoms with Crippen molar-refractivity contribution in [2.75, 3.05) is 6.61 Å². The number of hydrogen-bond acceptors (Lipinski definition) is 5. The van der Waals surface area contributed by atoms with E-state index < -0.39 is 47.8 Å². The Kier molecular flexibility index (Phi) is 3.59. The monoisotopic (exact) mass is 290 g/mol. The van der Waals surface area contributed by atoms with Crippen LogP contribution in [0.4, 0.5) is 8.78 Å². The first-order chi connectivity index (χ1) is 9.36. The molecule has 2 heterocycles. The molecule has 1 aliphatic heterocycles. The predicted molar refractivity (Wildman–Crippen MR) is 62.3 cm³/mol. The first-order valence-corrected chi connectivity index (χ1v) is 5.61. The zero-order valence-electron chi connectivity index (χ0n) is 10.1. The Labute approximate surface area is 110 Å². The number of aromatic nitrogens is 2. The molecule has 2 rings (SSSR count). The van der Waals surface area contributed by atoms with Crippen molar-refractivity contribution >= 4 is 0 Å². The van der Waals surface area contributed by atoms with Gasteiger partial charge in [-0.3, -0.25) is 14.3 Å². The van der Waals surface area contributed by atoms with E-state index in [0.717, 1.165) is 6.08 Å². The topological polar surface area (TPSA) is 105 Å². The number of aromatic amines is 1. The van der Waals surface area contributed by atoms with Crippen LogP contribution >= 0.6 is 0 Å². The predicted octanol–water partition coefficient (Wildman–Crippen LogP) is -1.18. The van der Waals surface area contributed by atoms with Crippen molar-refractivity contribution in [2.24, 2.45) is 0 Å². The van der Waals surface area contributed by atoms with Crippen LogP contribution in [0.5, 0.6) is 0 Å². The van der Waals surface area contributed by atoms with Crippen LogP contribution in [0.25, 0.3) is 0 Å². The molecule has 1 aromatic heterocycles. The second-order valence-corrected chi connectivity index (χ2v) is 4.36. The second kappa shape index (κ2) is 4.93. The normalized spacial score (nSPS) is 33.3. The molecule has 0 bridgehead atoms. The molecule has 20 heavy (non-hydrogen) atoms. The Balaban J connectivity index is 2.50. The van der Waals surface area contributed by atoms with E-state index in [9.17, 15) is 28.6 Å². The highest BCUT2D eigenvalue weighted by molar-refractivity contribution is 5.11. The summed E-state index contributed by atoms with van der Waals surface area (Å²) in [5, 5.41) is 18.9. The molecule has 110 valence electrons. The van der Waals surface area contributed by atoms with Gasteiger partial charge in [-0.25, -0.2) is 9.18 Å². The van der Waals surface area contributed by atoms with Crippen molar-refractivity contribution in [2.45, 2.75) is 24.1 Å². The van der Waals surface area contributed by atoms with Crippen molar-refractivity contribution in [1.29, 1.82) is 0 Å². The highest BCUT2D eigenvalue weighted by atomic mass is 19.1. The molecule has 1 fully saturated rings. The maximum absolute atomic E-state index is 14.0. The third-order valence-corrected chi connectivity index (χ3v) is 3.21. The van der Waals surface area contributed by atoms with E-state index in [1.807, 2.05) is 0 Å².